The molecule has 0 unspecified atom stereocenters. The highest BCUT2D eigenvalue weighted by Gasteiger charge is 2.11. The van der Waals surface area contributed by atoms with Crippen molar-refractivity contribution in [3.8, 4) is 0 Å². The lowest BCUT2D eigenvalue weighted by atomic mass is 10.1. The molecule has 2 N–H and O–H groups in total. The van der Waals surface area contributed by atoms with E-state index >= 15 is 0 Å². The van der Waals surface area contributed by atoms with Gasteiger partial charge in [0, 0.05) is 6.54 Å². The summed E-state index contributed by atoms with van der Waals surface area (Å²) in [6, 6.07) is 6.83. The van der Waals surface area contributed by atoms with Gasteiger partial charge in [0.1, 0.15) is 5.88 Å². The number of benzene rings is 1. The molecule has 0 atom stereocenters. The van der Waals surface area contributed by atoms with Crippen LogP contribution in [0.3, 0.4) is 0 Å². The Bertz CT molecular complexity index is 407. The molecule has 1 aromatic rings. The highest BCUT2D eigenvalue weighted by molar-refractivity contribution is 6.29. The van der Waals surface area contributed by atoms with Gasteiger partial charge in [-0.1, -0.05) is 19.1 Å². The first kappa shape index (κ1) is 13.5. The van der Waals surface area contributed by atoms with Gasteiger partial charge in [-0.25, -0.2) is 0 Å². The summed E-state index contributed by atoms with van der Waals surface area (Å²) in [6.07, 6.45) is 0.863. The fourth-order valence-electron chi connectivity index (χ4n) is 1.31. The van der Waals surface area contributed by atoms with Gasteiger partial charge < -0.3 is 10.6 Å². The molecule has 0 spiro atoms. The van der Waals surface area contributed by atoms with Crippen LogP contribution >= 0.6 is 11.6 Å². The third-order valence-corrected chi connectivity index (χ3v) is 2.35. The number of nitrogens with one attached hydrogen (secondary N) is 2. The van der Waals surface area contributed by atoms with Crippen LogP contribution in [-0.2, 0) is 4.79 Å². The Kier molecular flexibility index (Phi) is 5.49. The monoisotopic (exact) mass is 254 g/mol. The van der Waals surface area contributed by atoms with Gasteiger partial charge in [-0.3, -0.25) is 9.59 Å². The molecule has 0 aliphatic heterocycles. The second kappa shape index (κ2) is 6.91. The number of hydrogen-bond donors (Lipinski definition) is 2. The van der Waals surface area contributed by atoms with Crippen LogP contribution in [0.4, 0.5) is 5.69 Å². The van der Waals surface area contributed by atoms with Gasteiger partial charge in [0.25, 0.3) is 5.91 Å². The lowest BCUT2D eigenvalue weighted by molar-refractivity contribution is -0.113. The van der Waals surface area contributed by atoms with Crippen LogP contribution in [0.5, 0.6) is 0 Å². The smallest absolute Gasteiger partial charge is 0.253 e. The first-order chi connectivity index (χ1) is 8.19. The largest absolute Gasteiger partial charge is 0.352 e. The Morgan fingerprint density at radius 2 is 2.00 bits per heavy atom. The van der Waals surface area contributed by atoms with Gasteiger partial charge in [-0.05, 0) is 18.6 Å². The molecule has 0 aliphatic carbocycles. The molecule has 92 valence electrons. The molecule has 4 nitrogen and oxygen atoms in total. The normalized spacial score (nSPS) is 9.76. The summed E-state index contributed by atoms with van der Waals surface area (Å²) in [7, 11) is 0. The molecule has 5 heteroatoms. The van der Waals surface area contributed by atoms with Crippen molar-refractivity contribution in [3.63, 3.8) is 0 Å². The van der Waals surface area contributed by atoms with E-state index in [0.29, 0.717) is 17.8 Å². The third-order valence-electron chi connectivity index (χ3n) is 2.10. The summed E-state index contributed by atoms with van der Waals surface area (Å²) in [5, 5.41) is 5.34. The van der Waals surface area contributed by atoms with E-state index in [1.165, 1.54) is 0 Å². The van der Waals surface area contributed by atoms with Crippen LogP contribution in [0.15, 0.2) is 24.3 Å². The van der Waals surface area contributed by atoms with Crippen molar-refractivity contribution in [2.75, 3.05) is 17.7 Å². The number of alkyl halides is 1. The number of carbonyl (C=O) groups is 2. The molecular weight excluding hydrogens is 240 g/mol. The summed E-state index contributed by atoms with van der Waals surface area (Å²) < 4.78 is 0. The summed E-state index contributed by atoms with van der Waals surface area (Å²) in [5.74, 6) is -0.662. The fourth-order valence-corrected chi connectivity index (χ4v) is 1.37. The molecule has 0 radical (unpaired) electrons. The van der Waals surface area contributed by atoms with E-state index < -0.39 is 0 Å². The maximum absolute atomic E-state index is 11.8. The van der Waals surface area contributed by atoms with Gasteiger partial charge in [0.05, 0.1) is 11.3 Å². The van der Waals surface area contributed by atoms with Crippen molar-refractivity contribution >= 4 is 29.1 Å². The van der Waals surface area contributed by atoms with E-state index in [1.807, 2.05) is 6.92 Å². The van der Waals surface area contributed by atoms with Crippen molar-refractivity contribution in [3.05, 3.63) is 29.8 Å². The van der Waals surface area contributed by atoms with Gasteiger partial charge in [-0.15, -0.1) is 11.6 Å². The van der Waals surface area contributed by atoms with E-state index in [2.05, 4.69) is 10.6 Å². The summed E-state index contributed by atoms with van der Waals surface area (Å²) >= 11 is 5.40. The van der Waals surface area contributed by atoms with E-state index in [4.69, 9.17) is 11.6 Å². The maximum Gasteiger partial charge on any atom is 0.253 e. The van der Waals surface area contributed by atoms with Crippen LogP contribution in [0.25, 0.3) is 0 Å². The minimum Gasteiger partial charge on any atom is -0.352 e. The van der Waals surface area contributed by atoms with Gasteiger partial charge in [0.15, 0.2) is 0 Å². The molecule has 17 heavy (non-hydrogen) atoms. The minimum absolute atomic E-state index is 0.134. The molecular formula is C12H15ClN2O2. The highest BCUT2D eigenvalue weighted by Crippen LogP contribution is 2.14. The number of halogens is 1. The predicted molar refractivity (Wildman–Crippen MR) is 68.4 cm³/mol. The van der Waals surface area contributed by atoms with Crippen LogP contribution in [0.2, 0.25) is 0 Å². The number of para-hydroxylation sites is 1. The standard InChI is InChI=1S/C12H15ClN2O2/c1-2-7-14-12(17)9-5-3-4-6-10(9)15-11(16)8-13/h3-6H,2,7-8H2,1H3,(H,14,17)(H,15,16). The maximum atomic E-state index is 11.8. The van der Waals surface area contributed by atoms with Gasteiger partial charge >= 0.3 is 0 Å². The van der Waals surface area contributed by atoms with E-state index in [-0.39, 0.29) is 17.7 Å². The van der Waals surface area contributed by atoms with E-state index in [0.717, 1.165) is 6.42 Å². The molecule has 1 aromatic carbocycles. The average molecular weight is 255 g/mol. The molecule has 0 aromatic heterocycles. The Labute approximate surface area is 105 Å². The SMILES string of the molecule is CCCNC(=O)c1ccccc1NC(=O)CCl. The number of rotatable bonds is 5. The molecule has 0 heterocycles. The molecule has 1 rings (SSSR count). The average Bonchev–Trinajstić information content (AvgIpc) is 2.36. The third kappa shape index (κ3) is 4.07. The zero-order chi connectivity index (χ0) is 12.7. The van der Waals surface area contributed by atoms with Crippen molar-refractivity contribution in [2.45, 2.75) is 13.3 Å². The molecule has 0 saturated heterocycles. The Balaban J connectivity index is 2.83. The quantitative estimate of drug-likeness (QED) is 0.790. The first-order valence-electron chi connectivity index (χ1n) is 5.42. The molecule has 0 fully saturated rings. The molecule has 0 saturated carbocycles. The number of anilines is 1. The Morgan fingerprint density at radius 1 is 1.29 bits per heavy atom. The van der Waals surface area contributed by atoms with Crippen LogP contribution in [0, 0.1) is 0 Å². The second-order valence-electron chi connectivity index (χ2n) is 3.48. The lowest BCUT2D eigenvalue weighted by Crippen LogP contribution is -2.26. The fraction of sp³-hybridized carbons (Fsp3) is 0.333. The minimum atomic E-state index is -0.331. The number of amides is 2. The molecule has 0 aliphatic rings. The summed E-state index contributed by atoms with van der Waals surface area (Å²) in [6.45, 7) is 2.58. The number of hydrogen-bond acceptors (Lipinski definition) is 2. The lowest BCUT2D eigenvalue weighted by Gasteiger charge is -2.10. The zero-order valence-electron chi connectivity index (χ0n) is 9.63. The van der Waals surface area contributed by atoms with E-state index in [1.54, 1.807) is 24.3 Å². The van der Waals surface area contributed by atoms with Crippen molar-refractivity contribution < 1.29 is 9.59 Å². The van der Waals surface area contributed by atoms with Crippen LogP contribution in [-0.4, -0.2) is 24.2 Å². The van der Waals surface area contributed by atoms with Crippen molar-refractivity contribution in [1.82, 2.24) is 5.32 Å². The van der Waals surface area contributed by atoms with Crippen molar-refractivity contribution in [2.24, 2.45) is 0 Å². The summed E-state index contributed by atoms with van der Waals surface area (Å²) in [5.41, 5.74) is 0.922. The zero-order valence-corrected chi connectivity index (χ0v) is 10.4. The Hall–Kier alpha value is -1.55. The van der Waals surface area contributed by atoms with Gasteiger partial charge in [0.2, 0.25) is 5.91 Å². The molecule has 2 amide bonds. The Morgan fingerprint density at radius 3 is 2.65 bits per heavy atom. The number of carbonyl (C=O) groups excluding carboxylic acids is 2. The van der Waals surface area contributed by atoms with E-state index in [9.17, 15) is 9.59 Å². The highest BCUT2D eigenvalue weighted by atomic mass is 35.5. The first-order valence-corrected chi connectivity index (χ1v) is 5.95. The van der Waals surface area contributed by atoms with Gasteiger partial charge in [-0.2, -0.15) is 0 Å². The second-order valence-corrected chi connectivity index (χ2v) is 3.75. The summed E-state index contributed by atoms with van der Waals surface area (Å²) in [4.78, 5) is 23.0. The van der Waals surface area contributed by atoms with Crippen molar-refractivity contribution in [1.29, 1.82) is 0 Å². The van der Waals surface area contributed by atoms with Crippen LogP contribution in [0.1, 0.15) is 23.7 Å². The predicted octanol–water partition coefficient (Wildman–Crippen LogP) is 2.00. The van der Waals surface area contributed by atoms with Crippen LogP contribution < -0.4 is 10.6 Å². The molecule has 0 bridgehead atoms. The topological polar surface area (TPSA) is 58.2 Å².